The minimum Gasteiger partial charge on any atom is -0.390 e. The molecule has 0 aromatic rings. The maximum absolute atomic E-state index is 11.7. The summed E-state index contributed by atoms with van der Waals surface area (Å²) < 4.78 is 24.9. The number of rotatable bonds is 4. The number of hydrogen-bond acceptors (Lipinski definition) is 4. The molecule has 1 N–H and O–H groups in total. The molecule has 0 radical (unpaired) electrons. The van der Waals surface area contributed by atoms with E-state index < -0.39 is 16.1 Å². The van der Waals surface area contributed by atoms with Crippen molar-refractivity contribution in [3.8, 4) is 0 Å². The zero-order valence-corrected chi connectivity index (χ0v) is 12.2. The molecule has 0 aromatic carbocycles. The number of piperidine rings is 1. The van der Waals surface area contributed by atoms with E-state index in [1.807, 2.05) is 0 Å². The third-order valence-electron chi connectivity index (χ3n) is 4.88. The molecule has 0 spiro atoms. The molecule has 3 rings (SSSR count). The lowest BCUT2D eigenvalue weighted by molar-refractivity contribution is 0.0536. The molecule has 3 aliphatic heterocycles. The summed E-state index contributed by atoms with van der Waals surface area (Å²) in [4.78, 5) is 2.43. The summed E-state index contributed by atoms with van der Waals surface area (Å²) in [5.41, 5.74) is 0. The number of aliphatic hydroxyl groups is 1. The van der Waals surface area contributed by atoms with Gasteiger partial charge in [0.2, 0.25) is 10.0 Å². The van der Waals surface area contributed by atoms with E-state index in [0.717, 1.165) is 0 Å². The molecule has 0 aliphatic carbocycles. The van der Waals surface area contributed by atoms with Crippen LogP contribution in [-0.2, 0) is 10.0 Å². The molecular formula is C13H24N2O3S. The van der Waals surface area contributed by atoms with E-state index in [-0.39, 0.29) is 12.3 Å². The first kappa shape index (κ1) is 13.8. The lowest BCUT2D eigenvalue weighted by Gasteiger charge is -2.36. The molecule has 3 saturated heterocycles. The minimum atomic E-state index is -3.08. The predicted octanol–water partition coefficient (Wildman–Crippen LogP) is 0.400. The maximum atomic E-state index is 11.7. The van der Waals surface area contributed by atoms with Crippen molar-refractivity contribution in [1.29, 1.82) is 0 Å². The van der Waals surface area contributed by atoms with Crippen LogP contribution in [0.4, 0.5) is 0 Å². The predicted molar refractivity (Wildman–Crippen MR) is 73.4 cm³/mol. The zero-order chi connectivity index (χ0) is 13.5. The van der Waals surface area contributed by atoms with Crippen molar-refractivity contribution in [3.63, 3.8) is 0 Å². The first-order valence-electron chi connectivity index (χ1n) is 7.48. The molecule has 3 atom stereocenters. The highest BCUT2D eigenvalue weighted by atomic mass is 32.2. The second kappa shape index (κ2) is 5.31. The number of hydrogen-bond donors (Lipinski definition) is 1. The fourth-order valence-corrected chi connectivity index (χ4v) is 5.51. The van der Waals surface area contributed by atoms with E-state index in [1.54, 1.807) is 0 Å². The lowest BCUT2D eigenvalue weighted by Crippen LogP contribution is -2.47. The summed E-state index contributed by atoms with van der Waals surface area (Å²) in [6.07, 6.45) is 6.44. The fourth-order valence-electron chi connectivity index (χ4n) is 3.95. The van der Waals surface area contributed by atoms with Crippen LogP contribution in [0.1, 0.15) is 38.5 Å². The van der Waals surface area contributed by atoms with Gasteiger partial charge in [0.15, 0.2) is 0 Å². The summed E-state index contributed by atoms with van der Waals surface area (Å²) in [6, 6.07) is 1.26. The van der Waals surface area contributed by atoms with E-state index >= 15 is 0 Å². The maximum Gasteiger partial charge on any atom is 0.214 e. The third-order valence-corrected chi connectivity index (χ3v) is 6.81. The molecule has 0 saturated carbocycles. The van der Waals surface area contributed by atoms with Gasteiger partial charge in [0, 0.05) is 31.7 Å². The summed E-state index contributed by atoms with van der Waals surface area (Å²) in [7, 11) is -3.08. The third kappa shape index (κ3) is 2.82. The number of sulfonamides is 1. The molecule has 3 aliphatic rings. The minimum absolute atomic E-state index is 0.245. The van der Waals surface area contributed by atoms with Gasteiger partial charge in [0.05, 0.1) is 11.9 Å². The molecule has 5 nitrogen and oxygen atoms in total. The van der Waals surface area contributed by atoms with E-state index in [0.29, 0.717) is 31.6 Å². The van der Waals surface area contributed by atoms with Crippen molar-refractivity contribution in [1.82, 2.24) is 9.21 Å². The largest absolute Gasteiger partial charge is 0.390 e. The summed E-state index contributed by atoms with van der Waals surface area (Å²) in [5.74, 6) is 0.245. The van der Waals surface area contributed by atoms with Gasteiger partial charge in [0.1, 0.15) is 0 Å². The van der Waals surface area contributed by atoms with Crippen LogP contribution >= 0.6 is 0 Å². The van der Waals surface area contributed by atoms with Crippen molar-refractivity contribution < 1.29 is 13.5 Å². The standard InChI is InChI=1S/C13H24N2O3S/c16-13(9-14-7-2-8-19(14,17)18)10-15-11-3-1-4-12(15)6-5-11/h11-13,16H,1-10H2/t11-,12+,13?. The Morgan fingerprint density at radius 2 is 1.74 bits per heavy atom. The summed E-state index contributed by atoms with van der Waals surface area (Å²) in [5, 5.41) is 10.2. The van der Waals surface area contributed by atoms with Crippen LogP contribution in [0.5, 0.6) is 0 Å². The van der Waals surface area contributed by atoms with Crippen molar-refractivity contribution in [2.24, 2.45) is 0 Å². The normalized spacial score (nSPS) is 36.7. The first-order chi connectivity index (χ1) is 9.06. The van der Waals surface area contributed by atoms with Crippen LogP contribution in [0.2, 0.25) is 0 Å². The Balaban J connectivity index is 1.55. The highest BCUT2D eigenvalue weighted by Crippen LogP contribution is 2.35. The molecule has 19 heavy (non-hydrogen) atoms. The molecule has 0 amide bonds. The Kier molecular flexibility index (Phi) is 3.86. The molecule has 0 aromatic heterocycles. The van der Waals surface area contributed by atoms with Crippen LogP contribution in [0.15, 0.2) is 0 Å². The molecule has 2 bridgehead atoms. The second-order valence-electron chi connectivity index (χ2n) is 6.19. The smallest absolute Gasteiger partial charge is 0.214 e. The molecular weight excluding hydrogens is 264 g/mol. The summed E-state index contributed by atoms with van der Waals surface area (Å²) >= 11 is 0. The van der Waals surface area contributed by atoms with Crippen LogP contribution in [0.25, 0.3) is 0 Å². The van der Waals surface area contributed by atoms with Gasteiger partial charge < -0.3 is 5.11 Å². The molecule has 6 heteroatoms. The van der Waals surface area contributed by atoms with Crippen molar-refractivity contribution in [2.75, 3.05) is 25.4 Å². The molecule has 3 heterocycles. The quantitative estimate of drug-likeness (QED) is 0.813. The van der Waals surface area contributed by atoms with Gasteiger partial charge >= 0.3 is 0 Å². The van der Waals surface area contributed by atoms with Crippen molar-refractivity contribution in [3.05, 3.63) is 0 Å². The molecule has 110 valence electrons. The van der Waals surface area contributed by atoms with Gasteiger partial charge in [0.25, 0.3) is 0 Å². The molecule has 1 unspecified atom stereocenters. The van der Waals surface area contributed by atoms with Crippen LogP contribution in [-0.4, -0.2) is 66.3 Å². The fraction of sp³-hybridized carbons (Fsp3) is 1.00. The second-order valence-corrected chi connectivity index (χ2v) is 8.28. The van der Waals surface area contributed by atoms with Gasteiger partial charge in [-0.15, -0.1) is 0 Å². The zero-order valence-electron chi connectivity index (χ0n) is 11.4. The SMILES string of the molecule is O=S1(=O)CCCN1CC(O)CN1[C@@H]2CCC[C@H]1CC2. The Labute approximate surface area is 115 Å². The van der Waals surface area contributed by atoms with E-state index in [1.165, 1.54) is 36.4 Å². The van der Waals surface area contributed by atoms with Crippen LogP contribution in [0, 0.1) is 0 Å². The number of aliphatic hydroxyl groups excluding tert-OH is 1. The highest BCUT2D eigenvalue weighted by Gasteiger charge is 2.38. The van der Waals surface area contributed by atoms with E-state index in [9.17, 15) is 13.5 Å². The van der Waals surface area contributed by atoms with Gasteiger partial charge in [-0.1, -0.05) is 6.42 Å². The summed E-state index contributed by atoms with van der Waals surface area (Å²) in [6.45, 7) is 1.49. The Hall–Kier alpha value is -0.170. The van der Waals surface area contributed by atoms with Gasteiger partial charge in [-0.25, -0.2) is 8.42 Å². The Morgan fingerprint density at radius 3 is 2.32 bits per heavy atom. The monoisotopic (exact) mass is 288 g/mol. The van der Waals surface area contributed by atoms with Crippen molar-refractivity contribution >= 4 is 10.0 Å². The number of fused-ring (bicyclic) bond motifs is 2. The van der Waals surface area contributed by atoms with Crippen molar-refractivity contribution in [2.45, 2.75) is 56.7 Å². The van der Waals surface area contributed by atoms with E-state index in [4.69, 9.17) is 0 Å². The van der Waals surface area contributed by atoms with Gasteiger partial charge in [-0.3, -0.25) is 4.90 Å². The lowest BCUT2D eigenvalue weighted by atomic mass is 10.0. The highest BCUT2D eigenvalue weighted by molar-refractivity contribution is 7.89. The average Bonchev–Trinajstić information content (AvgIpc) is 2.77. The average molecular weight is 288 g/mol. The van der Waals surface area contributed by atoms with E-state index in [2.05, 4.69) is 4.90 Å². The van der Waals surface area contributed by atoms with Crippen LogP contribution < -0.4 is 0 Å². The number of nitrogens with zero attached hydrogens (tertiary/aromatic N) is 2. The molecule has 3 fully saturated rings. The Morgan fingerprint density at radius 1 is 1.05 bits per heavy atom. The Bertz CT molecular complexity index is 410. The van der Waals surface area contributed by atoms with Crippen LogP contribution in [0.3, 0.4) is 0 Å². The number of β-amino-alcohol motifs (C(OH)–C–C–N with tert-alkyl or cyclic N) is 1. The first-order valence-corrected chi connectivity index (χ1v) is 9.09. The topological polar surface area (TPSA) is 60.9 Å². The van der Waals surface area contributed by atoms with Gasteiger partial charge in [-0.05, 0) is 32.1 Å². The van der Waals surface area contributed by atoms with Gasteiger partial charge in [-0.2, -0.15) is 4.31 Å².